The largest absolute Gasteiger partial charge is 0.351 e. The van der Waals surface area contributed by atoms with E-state index in [0.717, 1.165) is 36.1 Å². The number of carbonyl (C=O) groups excluding carboxylic acids is 2. The highest BCUT2D eigenvalue weighted by Crippen LogP contribution is 2.41. The molecule has 27 heavy (non-hydrogen) atoms. The second-order valence-electron chi connectivity index (χ2n) is 6.92. The average molecular weight is 372 g/mol. The van der Waals surface area contributed by atoms with Crippen molar-refractivity contribution in [3.05, 3.63) is 70.8 Å². The van der Waals surface area contributed by atoms with Crippen molar-refractivity contribution in [2.75, 3.05) is 6.54 Å². The molecule has 0 bridgehead atoms. The van der Waals surface area contributed by atoms with Crippen LogP contribution in [0.5, 0.6) is 0 Å². The third-order valence-electron chi connectivity index (χ3n) is 4.66. The summed E-state index contributed by atoms with van der Waals surface area (Å²) in [5, 5.41) is 5.53. The average Bonchev–Trinajstić information content (AvgIpc) is 3.45. The van der Waals surface area contributed by atoms with Crippen LogP contribution in [0.1, 0.15) is 46.8 Å². The molecule has 0 aromatic heterocycles. The fourth-order valence-electron chi connectivity index (χ4n) is 2.98. The highest BCUT2D eigenvalue weighted by molar-refractivity contribution is 5.94. The molecule has 0 unspecified atom stereocenters. The number of carbonyl (C=O) groups is 2. The fourth-order valence-corrected chi connectivity index (χ4v) is 2.98. The third kappa shape index (κ3) is 5.12. The maximum atomic E-state index is 13.6. The zero-order valence-corrected chi connectivity index (χ0v) is 15.1. The first kappa shape index (κ1) is 19.0. The molecular formula is C21H22F2N2O2. The number of benzene rings is 2. The second kappa shape index (κ2) is 8.29. The minimum Gasteiger partial charge on any atom is -0.351 e. The van der Waals surface area contributed by atoms with Gasteiger partial charge in [-0.3, -0.25) is 9.59 Å². The van der Waals surface area contributed by atoms with Gasteiger partial charge in [0, 0.05) is 19.0 Å². The van der Waals surface area contributed by atoms with Crippen molar-refractivity contribution in [2.45, 2.75) is 32.2 Å². The number of nitrogens with one attached hydrogen (secondary N) is 2. The summed E-state index contributed by atoms with van der Waals surface area (Å²) in [4.78, 5) is 24.2. The fraction of sp³-hybridized carbons (Fsp3) is 0.333. The van der Waals surface area contributed by atoms with Gasteiger partial charge < -0.3 is 10.6 Å². The summed E-state index contributed by atoms with van der Waals surface area (Å²) in [5.74, 6) is -2.07. The molecule has 4 nitrogen and oxygen atoms in total. The Bertz CT molecular complexity index is 833. The molecule has 2 aromatic rings. The van der Waals surface area contributed by atoms with E-state index in [1.54, 1.807) is 0 Å². The van der Waals surface area contributed by atoms with Gasteiger partial charge in [0.05, 0.1) is 11.6 Å². The highest BCUT2D eigenvalue weighted by atomic mass is 19.1. The minimum absolute atomic E-state index is 0.0247. The van der Waals surface area contributed by atoms with E-state index in [1.807, 2.05) is 31.2 Å². The van der Waals surface area contributed by atoms with E-state index >= 15 is 0 Å². The molecule has 0 spiro atoms. The molecule has 0 saturated heterocycles. The van der Waals surface area contributed by atoms with Crippen molar-refractivity contribution in [3.63, 3.8) is 0 Å². The molecule has 0 heterocycles. The van der Waals surface area contributed by atoms with Crippen molar-refractivity contribution in [2.24, 2.45) is 5.92 Å². The van der Waals surface area contributed by atoms with Crippen LogP contribution >= 0.6 is 0 Å². The van der Waals surface area contributed by atoms with Crippen LogP contribution in [-0.2, 0) is 4.79 Å². The van der Waals surface area contributed by atoms with Crippen LogP contribution in [-0.4, -0.2) is 18.4 Å². The predicted molar refractivity (Wildman–Crippen MR) is 98.1 cm³/mol. The van der Waals surface area contributed by atoms with Crippen molar-refractivity contribution in [1.29, 1.82) is 0 Å². The lowest BCUT2D eigenvalue weighted by atomic mass is 10.0. The Morgan fingerprint density at radius 1 is 1.11 bits per heavy atom. The first-order valence-corrected chi connectivity index (χ1v) is 9.03. The summed E-state index contributed by atoms with van der Waals surface area (Å²) in [6, 6.07) is 10.8. The quantitative estimate of drug-likeness (QED) is 0.779. The minimum atomic E-state index is -0.926. The van der Waals surface area contributed by atoms with E-state index < -0.39 is 17.5 Å². The maximum Gasteiger partial charge on any atom is 0.254 e. The summed E-state index contributed by atoms with van der Waals surface area (Å²) in [7, 11) is 0. The van der Waals surface area contributed by atoms with Crippen molar-refractivity contribution < 1.29 is 18.4 Å². The summed E-state index contributed by atoms with van der Waals surface area (Å²) in [5.41, 5.74) is 2.00. The van der Waals surface area contributed by atoms with E-state index in [2.05, 4.69) is 10.6 Å². The molecule has 2 amide bonds. The van der Waals surface area contributed by atoms with Gasteiger partial charge in [-0.1, -0.05) is 29.8 Å². The van der Waals surface area contributed by atoms with Crippen molar-refractivity contribution >= 4 is 11.8 Å². The lowest BCUT2D eigenvalue weighted by molar-refractivity contribution is -0.121. The number of aryl methyl sites for hydroxylation is 1. The molecule has 2 aromatic carbocycles. The Morgan fingerprint density at radius 2 is 1.81 bits per heavy atom. The zero-order chi connectivity index (χ0) is 19.4. The van der Waals surface area contributed by atoms with Gasteiger partial charge in [0.15, 0.2) is 0 Å². The normalized spacial score (nSPS) is 14.5. The van der Waals surface area contributed by atoms with Gasteiger partial charge in [-0.25, -0.2) is 8.78 Å². The monoisotopic (exact) mass is 372 g/mol. The summed E-state index contributed by atoms with van der Waals surface area (Å²) in [6.45, 7) is 2.09. The zero-order valence-electron chi connectivity index (χ0n) is 15.1. The molecule has 1 atom stereocenters. The van der Waals surface area contributed by atoms with Crippen LogP contribution in [0.25, 0.3) is 0 Å². The molecule has 6 heteroatoms. The molecule has 2 N–H and O–H groups in total. The number of amides is 2. The van der Waals surface area contributed by atoms with Crippen LogP contribution in [0, 0.1) is 24.5 Å². The lowest BCUT2D eigenvalue weighted by Crippen LogP contribution is -2.34. The standard InChI is InChI=1S/C21H22F2N2O2/c1-13-2-4-14(5-3-13)20(15-6-7-15)25-19(26)10-11-24-21(27)17-9-8-16(22)12-18(17)23/h2-5,8-9,12,15,20H,6-7,10-11H2,1H3,(H,24,27)(H,25,26)/t20-/m0/s1. The van der Waals surface area contributed by atoms with Crippen molar-refractivity contribution in [1.82, 2.24) is 10.6 Å². The molecule has 0 aliphatic heterocycles. The smallest absolute Gasteiger partial charge is 0.254 e. The van der Waals surface area contributed by atoms with Gasteiger partial charge >= 0.3 is 0 Å². The Morgan fingerprint density at radius 3 is 2.44 bits per heavy atom. The summed E-state index contributed by atoms with van der Waals surface area (Å²) in [6.07, 6.45) is 2.25. The van der Waals surface area contributed by atoms with E-state index in [0.29, 0.717) is 12.0 Å². The molecule has 142 valence electrons. The number of hydrogen-bond acceptors (Lipinski definition) is 2. The van der Waals surface area contributed by atoms with Gasteiger partial charge in [-0.2, -0.15) is 0 Å². The molecule has 1 saturated carbocycles. The number of halogens is 2. The molecule has 0 radical (unpaired) electrons. The van der Waals surface area contributed by atoms with Crippen LogP contribution in [0.15, 0.2) is 42.5 Å². The van der Waals surface area contributed by atoms with Crippen LogP contribution in [0.4, 0.5) is 8.78 Å². The highest BCUT2D eigenvalue weighted by Gasteiger charge is 2.33. The second-order valence-corrected chi connectivity index (χ2v) is 6.92. The van der Waals surface area contributed by atoms with E-state index in [-0.39, 0.29) is 30.5 Å². The first-order valence-electron chi connectivity index (χ1n) is 9.03. The Hall–Kier alpha value is -2.76. The van der Waals surface area contributed by atoms with Gasteiger partial charge in [-0.15, -0.1) is 0 Å². The predicted octanol–water partition coefficient (Wildman–Crippen LogP) is 3.66. The number of hydrogen-bond donors (Lipinski definition) is 2. The Kier molecular flexibility index (Phi) is 5.84. The van der Waals surface area contributed by atoms with Gasteiger partial charge in [0.25, 0.3) is 5.91 Å². The van der Waals surface area contributed by atoms with Crippen LogP contribution in [0.2, 0.25) is 0 Å². The topological polar surface area (TPSA) is 58.2 Å². The summed E-state index contributed by atoms with van der Waals surface area (Å²) >= 11 is 0. The first-order chi connectivity index (χ1) is 12.9. The van der Waals surface area contributed by atoms with E-state index in [4.69, 9.17) is 0 Å². The van der Waals surface area contributed by atoms with Gasteiger partial charge in [0.1, 0.15) is 11.6 Å². The molecule has 3 rings (SSSR count). The Labute approximate surface area is 157 Å². The molecular weight excluding hydrogens is 350 g/mol. The van der Waals surface area contributed by atoms with Crippen LogP contribution < -0.4 is 10.6 Å². The SMILES string of the molecule is Cc1ccc([C@H](NC(=O)CCNC(=O)c2ccc(F)cc2F)C2CC2)cc1. The lowest BCUT2D eigenvalue weighted by Gasteiger charge is -2.19. The van der Waals surface area contributed by atoms with E-state index in [9.17, 15) is 18.4 Å². The van der Waals surface area contributed by atoms with E-state index in [1.165, 1.54) is 0 Å². The van der Waals surface area contributed by atoms with Gasteiger partial charge in [0.2, 0.25) is 5.91 Å². The third-order valence-corrected chi connectivity index (χ3v) is 4.66. The molecule has 1 fully saturated rings. The molecule has 1 aliphatic rings. The Balaban J connectivity index is 1.51. The van der Waals surface area contributed by atoms with Crippen molar-refractivity contribution in [3.8, 4) is 0 Å². The van der Waals surface area contributed by atoms with Gasteiger partial charge in [-0.05, 0) is 43.4 Å². The number of rotatable bonds is 7. The van der Waals surface area contributed by atoms with Crippen LogP contribution in [0.3, 0.4) is 0 Å². The summed E-state index contributed by atoms with van der Waals surface area (Å²) < 4.78 is 26.5. The molecule has 1 aliphatic carbocycles. The maximum absolute atomic E-state index is 13.6.